The van der Waals surface area contributed by atoms with Gasteiger partial charge in [-0.2, -0.15) is 4.37 Å². The Labute approximate surface area is 117 Å². The third kappa shape index (κ3) is 2.02. The fourth-order valence-corrected chi connectivity index (χ4v) is 3.84. The predicted molar refractivity (Wildman–Crippen MR) is 80.1 cm³/mol. The summed E-state index contributed by atoms with van der Waals surface area (Å²) in [5.74, 6) is 0. The molecule has 2 aliphatic rings. The number of hydrogen-bond acceptors (Lipinski definition) is 5. The first-order chi connectivity index (χ1) is 9.42. The lowest BCUT2D eigenvalue weighted by atomic mass is 10.1. The van der Waals surface area contributed by atoms with Crippen molar-refractivity contribution in [1.82, 2.24) is 14.6 Å². The maximum Gasteiger partial charge on any atom is 0.120 e. The summed E-state index contributed by atoms with van der Waals surface area (Å²) < 4.78 is 4.55. The van der Waals surface area contributed by atoms with E-state index in [0.29, 0.717) is 0 Å². The minimum atomic E-state index is 0.778. The van der Waals surface area contributed by atoms with Gasteiger partial charge >= 0.3 is 0 Å². The second-order valence-corrected chi connectivity index (χ2v) is 6.09. The molecule has 2 fully saturated rings. The van der Waals surface area contributed by atoms with Crippen molar-refractivity contribution < 1.29 is 0 Å². The maximum atomic E-state index is 4.55. The van der Waals surface area contributed by atoms with Crippen molar-refractivity contribution in [3.8, 4) is 0 Å². The topological polar surface area (TPSA) is 31.4 Å². The van der Waals surface area contributed by atoms with Crippen LogP contribution in [0.5, 0.6) is 0 Å². The van der Waals surface area contributed by atoms with Gasteiger partial charge in [0.1, 0.15) is 5.00 Å². The number of nitrogens with one attached hydrogen (secondary N) is 1. The van der Waals surface area contributed by atoms with Gasteiger partial charge in [-0.1, -0.05) is 12.1 Å². The van der Waals surface area contributed by atoms with E-state index in [4.69, 9.17) is 0 Å². The van der Waals surface area contributed by atoms with E-state index in [2.05, 4.69) is 43.8 Å². The molecule has 1 aromatic carbocycles. The first kappa shape index (κ1) is 11.6. The molecule has 4 rings (SSSR count). The van der Waals surface area contributed by atoms with Crippen molar-refractivity contribution >= 4 is 27.4 Å². The maximum absolute atomic E-state index is 4.55. The third-order valence-electron chi connectivity index (χ3n) is 4.24. The van der Waals surface area contributed by atoms with Crippen LogP contribution in [0.25, 0.3) is 10.9 Å². The lowest BCUT2D eigenvalue weighted by Gasteiger charge is -2.43. The van der Waals surface area contributed by atoms with E-state index in [-0.39, 0.29) is 0 Å². The number of rotatable bonds is 2. The zero-order valence-corrected chi connectivity index (χ0v) is 11.7. The molecule has 0 radical (unpaired) electrons. The molecule has 0 bridgehead atoms. The Morgan fingerprint density at radius 3 is 2.63 bits per heavy atom. The normalized spacial score (nSPS) is 21.8. The third-order valence-corrected chi connectivity index (χ3v) is 5.18. The van der Waals surface area contributed by atoms with Crippen LogP contribution in [0.15, 0.2) is 24.3 Å². The van der Waals surface area contributed by atoms with Crippen LogP contribution in [0, 0.1) is 0 Å². The van der Waals surface area contributed by atoms with Gasteiger partial charge in [0.2, 0.25) is 0 Å². The second kappa shape index (κ2) is 4.74. The van der Waals surface area contributed by atoms with Crippen LogP contribution >= 0.6 is 11.5 Å². The Bertz CT molecular complexity index is 570. The number of nitrogens with zero attached hydrogens (tertiary/aromatic N) is 3. The molecule has 0 atom stereocenters. The molecule has 0 saturated carbocycles. The molecule has 1 aromatic heterocycles. The van der Waals surface area contributed by atoms with E-state index in [1.165, 1.54) is 36.6 Å². The summed E-state index contributed by atoms with van der Waals surface area (Å²) in [7, 11) is 0. The largest absolute Gasteiger partial charge is 0.359 e. The van der Waals surface area contributed by atoms with E-state index in [9.17, 15) is 0 Å². The number of anilines is 1. The SMILES string of the molecule is c1ccc2c(N3CCN(C4CNC4)CC3)snc2c1. The molecule has 2 aromatic rings. The summed E-state index contributed by atoms with van der Waals surface area (Å²) in [5, 5.41) is 6.02. The molecule has 4 nitrogen and oxygen atoms in total. The minimum Gasteiger partial charge on any atom is -0.359 e. The van der Waals surface area contributed by atoms with Crippen LogP contribution in [0.1, 0.15) is 0 Å². The first-order valence-electron chi connectivity index (χ1n) is 6.96. The Hall–Kier alpha value is -1.17. The van der Waals surface area contributed by atoms with Crippen LogP contribution in [-0.2, 0) is 0 Å². The van der Waals surface area contributed by atoms with Gasteiger partial charge in [0, 0.05) is 50.7 Å². The first-order valence-corrected chi connectivity index (χ1v) is 7.73. The predicted octanol–water partition coefficient (Wildman–Crippen LogP) is 1.39. The zero-order valence-electron chi connectivity index (χ0n) is 10.9. The van der Waals surface area contributed by atoms with E-state index in [1.807, 2.05) is 0 Å². The van der Waals surface area contributed by atoms with Crippen LogP contribution in [0.3, 0.4) is 0 Å². The lowest BCUT2D eigenvalue weighted by molar-refractivity contribution is 0.138. The Morgan fingerprint density at radius 1 is 1.11 bits per heavy atom. The summed E-state index contributed by atoms with van der Waals surface area (Å²) in [6.07, 6.45) is 0. The minimum absolute atomic E-state index is 0.778. The highest BCUT2D eigenvalue weighted by Crippen LogP contribution is 2.31. The Balaban J connectivity index is 1.51. The van der Waals surface area contributed by atoms with E-state index in [0.717, 1.165) is 24.6 Å². The monoisotopic (exact) mass is 274 g/mol. The molecule has 100 valence electrons. The van der Waals surface area contributed by atoms with Crippen molar-refractivity contribution in [3.63, 3.8) is 0 Å². The quantitative estimate of drug-likeness (QED) is 0.897. The molecule has 0 unspecified atom stereocenters. The van der Waals surface area contributed by atoms with Gasteiger partial charge in [-0.15, -0.1) is 0 Å². The van der Waals surface area contributed by atoms with E-state index >= 15 is 0 Å². The Morgan fingerprint density at radius 2 is 1.89 bits per heavy atom. The molecule has 1 N–H and O–H groups in total. The summed E-state index contributed by atoms with van der Waals surface area (Å²) in [6.45, 7) is 6.95. The van der Waals surface area contributed by atoms with Gasteiger partial charge in [-0.3, -0.25) is 4.90 Å². The highest BCUT2D eigenvalue weighted by molar-refractivity contribution is 7.11. The van der Waals surface area contributed by atoms with Crippen LogP contribution in [0.4, 0.5) is 5.00 Å². The summed E-state index contributed by atoms with van der Waals surface area (Å²) in [5.41, 5.74) is 1.13. The number of hydrogen-bond donors (Lipinski definition) is 1. The molecule has 0 spiro atoms. The average molecular weight is 274 g/mol. The molecule has 0 aliphatic carbocycles. The highest BCUT2D eigenvalue weighted by atomic mass is 32.1. The average Bonchev–Trinajstić information content (AvgIpc) is 2.82. The van der Waals surface area contributed by atoms with Crippen molar-refractivity contribution in [2.75, 3.05) is 44.2 Å². The fraction of sp³-hybridized carbons (Fsp3) is 0.500. The smallest absolute Gasteiger partial charge is 0.120 e. The van der Waals surface area contributed by atoms with Gasteiger partial charge in [-0.05, 0) is 23.7 Å². The van der Waals surface area contributed by atoms with Gasteiger partial charge in [0.15, 0.2) is 0 Å². The molecular formula is C14H18N4S. The van der Waals surface area contributed by atoms with Crippen molar-refractivity contribution in [2.45, 2.75) is 6.04 Å². The highest BCUT2D eigenvalue weighted by Gasteiger charge is 2.28. The molecule has 0 amide bonds. The number of benzene rings is 1. The van der Waals surface area contributed by atoms with E-state index < -0.39 is 0 Å². The van der Waals surface area contributed by atoms with Crippen molar-refractivity contribution in [3.05, 3.63) is 24.3 Å². The molecule has 2 saturated heterocycles. The van der Waals surface area contributed by atoms with Gasteiger partial charge < -0.3 is 10.2 Å². The second-order valence-electron chi connectivity index (χ2n) is 5.34. The van der Waals surface area contributed by atoms with Gasteiger partial charge in [0.05, 0.1) is 5.52 Å². The lowest BCUT2D eigenvalue weighted by Crippen LogP contribution is -2.61. The molecule has 3 heterocycles. The fourth-order valence-electron chi connectivity index (χ4n) is 2.93. The van der Waals surface area contributed by atoms with Crippen LogP contribution in [-0.4, -0.2) is 54.6 Å². The number of piperazine rings is 1. The summed E-state index contributed by atoms with van der Waals surface area (Å²) in [4.78, 5) is 5.12. The molecule has 5 heteroatoms. The molecular weight excluding hydrogens is 256 g/mol. The Kier molecular flexibility index (Phi) is 2.90. The molecule has 19 heavy (non-hydrogen) atoms. The van der Waals surface area contributed by atoms with Crippen LogP contribution < -0.4 is 10.2 Å². The van der Waals surface area contributed by atoms with Crippen molar-refractivity contribution in [2.24, 2.45) is 0 Å². The van der Waals surface area contributed by atoms with Crippen molar-refractivity contribution in [1.29, 1.82) is 0 Å². The van der Waals surface area contributed by atoms with Crippen LogP contribution in [0.2, 0.25) is 0 Å². The standard InChI is InChI=1S/C14H18N4S/c1-2-4-13-12(3-1)14(19-16-13)18-7-5-17(6-8-18)11-9-15-10-11/h1-4,11,15H,5-10H2. The summed E-state index contributed by atoms with van der Waals surface area (Å²) in [6, 6.07) is 9.24. The number of aromatic nitrogens is 1. The molecule has 2 aliphatic heterocycles. The van der Waals surface area contributed by atoms with Gasteiger partial charge in [0.25, 0.3) is 0 Å². The zero-order chi connectivity index (χ0) is 12.7. The van der Waals surface area contributed by atoms with Gasteiger partial charge in [-0.25, -0.2) is 0 Å². The van der Waals surface area contributed by atoms with E-state index in [1.54, 1.807) is 11.5 Å². The summed E-state index contributed by atoms with van der Waals surface area (Å²) >= 11 is 1.64. The number of fused-ring (bicyclic) bond motifs is 1.